The van der Waals surface area contributed by atoms with Crippen molar-refractivity contribution in [3.63, 3.8) is 0 Å². The average Bonchev–Trinajstić information content (AvgIpc) is 2.89. The Balaban J connectivity index is 1.78. The molecule has 0 aliphatic heterocycles. The summed E-state index contributed by atoms with van der Waals surface area (Å²) < 4.78 is 0. The molecule has 0 saturated heterocycles. The van der Waals surface area contributed by atoms with Crippen LogP contribution in [0.4, 0.5) is 0 Å². The summed E-state index contributed by atoms with van der Waals surface area (Å²) in [6.07, 6.45) is 6.96. The topological polar surface area (TPSA) is 20.3 Å². The molecule has 0 bridgehead atoms. The molecular formula is C14H21NOS. The molecule has 2 rings (SSSR count). The van der Waals surface area contributed by atoms with E-state index in [4.69, 9.17) is 0 Å². The maximum absolute atomic E-state index is 12.2. The van der Waals surface area contributed by atoms with Gasteiger partial charge in [-0.15, -0.1) is 11.3 Å². The van der Waals surface area contributed by atoms with Gasteiger partial charge in [0.05, 0.1) is 0 Å². The Bertz CT molecular complexity index is 341. The highest BCUT2D eigenvalue weighted by Gasteiger charge is 2.23. The van der Waals surface area contributed by atoms with Crippen LogP contribution in [0.25, 0.3) is 0 Å². The van der Waals surface area contributed by atoms with Gasteiger partial charge in [-0.1, -0.05) is 25.3 Å². The Kier molecular flexibility index (Phi) is 4.60. The van der Waals surface area contributed by atoms with Gasteiger partial charge >= 0.3 is 0 Å². The standard InChI is InChI=1S/C14H21NOS/c1-15(10-9-13-8-5-11-17-13)14(16)12-6-3-2-4-7-12/h5,8,11-12H,2-4,6-7,9-10H2,1H3. The van der Waals surface area contributed by atoms with E-state index in [1.165, 1.54) is 24.1 Å². The van der Waals surface area contributed by atoms with Crippen LogP contribution < -0.4 is 0 Å². The van der Waals surface area contributed by atoms with E-state index in [1.54, 1.807) is 11.3 Å². The Morgan fingerprint density at radius 3 is 2.82 bits per heavy atom. The number of hydrogen-bond donors (Lipinski definition) is 0. The van der Waals surface area contributed by atoms with Crippen LogP contribution in [0.3, 0.4) is 0 Å². The largest absolute Gasteiger partial charge is 0.345 e. The van der Waals surface area contributed by atoms with Gasteiger partial charge in [-0.05, 0) is 30.7 Å². The highest BCUT2D eigenvalue weighted by Crippen LogP contribution is 2.25. The first kappa shape index (κ1) is 12.6. The average molecular weight is 251 g/mol. The molecule has 0 spiro atoms. The van der Waals surface area contributed by atoms with Crippen molar-refractivity contribution in [1.82, 2.24) is 4.90 Å². The van der Waals surface area contributed by atoms with Gasteiger partial charge in [0.1, 0.15) is 0 Å². The third kappa shape index (κ3) is 3.56. The summed E-state index contributed by atoms with van der Waals surface area (Å²) in [5, 5.41) is 2.10. The fraction of sp³-hybridized carbons (Fsp3) is 0.643. The summed E-state index contributed by atoms with van der Waals surface area (Å²) in [5.41, 5.74) is 0. The molecule has 0 aromatic carbocycles. The summed E-state index contributed by atoms with van der Waals surface area (Å²) in [6.45, 7) is 0.857. The van der Waals surface area contributed by atoms with Crippen LogP contribution in [0.5, 0.6) is 0 Å². The van der Waals surface area contributed by atoms with Crippen LogP contribution in [0.2, 0.25) is 0 Å². The molecule has 3 heteroatoms. The second-order valence-electron chi connectivity index (χ2n) is 4.92. The minimum absolute atomic E-state index is 0.303. The highest BCUT2D eigenvalue weighted by atomic mass is 32.1. The lowest BCUT2D eigenvalue weighted by Gasteiger charge is -2.26. The van der Waals surface area contributed by atoms with Crippen molar-refractivity contribution in [2.75, 3.05) is 13.6 Å². The van der Waals surface area contributed by atoms with E-state index in [2.05, 4.69) is 17.5 Å². The van der Waals surface area contributed by atoms with Gasteiger partial charge in [-0.2, -0.15) is 0 Å². The molecule has 0 N–H and O–H groups in total. The molecule has 1 amide bonds. The lowest BCUT2D eigenvalue weighted by atomic mass is 9.88. The minimum Gasteiger partial charge on any atom is -0.345 e. The summed E-state index contributed by atoms with van der Waals surface area (Å²) in [6, 6.07) is 4.21. The summed E-state index contributed by atoms with van der Waals surface area (Å²) in [7, 11) is 1.95. The van der Waals surface area contributed by atoms with E-state index in [0.29, 0.717) is 11.8 Å². The number of nitrogens with zero attached hydrogens (tertiary/aromatic N) is 1. The monoisotopic (exact) mass is 251 g/mol. The number of carbonyl (C=O) groups excluding carboxylic acids is 1. The van der Waals surface area contributed by atoms with Crippen LogP contribution in [0.1, 0.15) is 37.0 Å². The molecule has 1 aromatic heterocycles. The van der Waals surface area contributed by atoms with Crippen LogP contribution in [-0.4, -0.2) is 24.4 Å². The summed E-state index contributed by atoms with van der Waals surface area (Å²) >= 11 is 1.77. The van der Waals surface area contributed by atoms with Crippen LogP contribution in [0.15, 0.2) is 17.5 Å². The van der Waals surface area contributed by atoms with Gasteiger partial charge in [0.2, 0.25) is 5.91 Å². The van der Waals surface area contributed by atoms with Crippen molar-refractivity contribution < 1.29 is 4.79 Å². The van der Waals surface area contributed by atoms with Gasteiger partial charge in [-0.3, -0.25) is 4.79 Å². The number of hydrogen-bond acceptors (Lipinski definition) is 2. The summed E-state index contributed by atoms with van der Waals surface area (Å²) in [5.74, 6) is 0.665. The van der Waals surface area contributed by atoms with Crippen molar-refractivity contribution in [3.8, 4) is 0 Å². The van der Waals surface area contributed by atoms with Crippen molar-refractivity contribution in [2.24, 2.45) is 5.92 Å². The molecule has 0 unspecified atom stereocenters. The maximum atomic E-state index is 12.2. The first-order valence-corrected chi connectivity index (χ1v) is 7.42. The molecule has 17 heavy (non-hydrogen) atoms. The zero-order valence-corrected chi connectivity index (χ0v) is 11.3. The number of carbonyl (C=O) groups is 1. The SMILES string of the molecule is CN(CCc1cccs1)C(=O)C1CCCCC1. The fourth-order valence-corrected chi connectivity index (χ4v) is 3.20. The van der Waals surface area contributed by atoms with Crippen LogP contribution >= 0.6 is 11.3 Å². The molecule has 1 heterocycles. The van der Waals surface area contributed by atoms with E-state index in [1.807, 2.05) is 11.9 Å². The molecule has 1 aliphatic rings. The lowest BCUT2D eigenvalue weighted by molar-refractivity contribution is -0.135. The van der Waals surface area contributed by atoms with Gasteiger partial charge in [0.15, 0.2) is 0 Å². The normalized spacial score (nSPS) is 17.0. The summed E-state index contributed by atoms with van der Waals surface area (Å²) in [4.78, 5) is 15.5. The smallest absolute Gasteiger partial charge is 0.225 e. The van der Waals surface area contributed by atoms with Crippen molar-refractivity contribution in [1.29, 1.82) is 0 Å². The zero-order chi connectivity index (χ0) is 12.1. The Morgan fingerprint density at radius 1 is 1.41 bits per heavy atom. The maximum Gasteiger partial charge on any atom is 0.225 e. The Labute approximate surface area is 108 Å². The van der Waals surface area contributed by atoms with Crippen molar-refractivity contribution in [2.45, 2.75) is 38.5 Å². The van der Waals surface area contributed by atoms with E-state index in [9.17, 15) is 4.79 Å². The number of likely N-dealkylation sites (N-methyl/N-ethyl adjacent to an activating group) is 1. The van der Waals surface area contributed by atoms with E-state index in [-0.39, 0.29) is 0 Å². The molecule has 1 saturated carbocycles. The third-order valence-electron chi connectivity index (χ3n) is 3.60. The predicted molar refractivity (Wildman–Crippen MR) is 72.2 cm³/mol. The molecule has 94 valence electrons. The minimum atomic E-state index is 0.303. The van der Waals surface area contributed by atoms with Crippen LogP contribution in [-0.2, 0) is 11.2 Å². The van der Waals surface area contributed by atoms with Gasteiger partial charge in [0.25, 0.3) is 0 Å². The molecule has 1 fully saturated rings. The lowest BCUT2D eigenvalue weighted by Crippen LogP contribution is -2.35. The van der Waals surface area contributed by atoms with E-state index in [0.717, 1.165) is 25.8 Å². The second kappa shape index (κ2) is 6.20. The first-order chi connectivity index (χ1) is 8.27. The molecule has 0 atom stereocenters. The van der Waals surface area contributed by atoms with Crippen LogP contribution in [0, 0.1) is 5.92 Å². The molecule has 2 nitrogen and oxygen atoms in total. The van der Waals surface area contributed by atoms with E-state index < -0.39 is 0 Å². The Hall–Kier alpha value is -0.830. The molecular weight excluding hydrogens is 230 g/mol. The zero-order valence-electron chi connectivity index (χ0n) is 10.5. The van der Waals surface area contributed by atoms with Gasteiger partial charge < -0.3 is 4.90 Å². The second-order valence-corrected chi connectivity index (χ2v) is 5.96. The van der Waals surface area contributed by atoms with Crippen molar-refractivity contribution in [3.05, 3.63) is 22.4 Å². The first-order valence-electron chi connectivity index (χ1n) is 6.55. The van der Waals surface area contributed by atoms with E-state index >= 15 is 0 Å². The quantitative estimate of drug-likeness (QED) is 0.804. The van der Waals surface area contributed by atoms with Gasteiger partial charge in [-0.25, -0.2) is 0 Å². The Morgan fingerprint density at radius 2 is 2.18 bits per heavy atom. The van der Waals surface area contributed by atoms with Gasteiger partial charge in [0, 0.05) is 24.4 Å². The molecule has 0 radical (unpaired) electrons. The number of amides is 1. The fourth-order valence-electron chi connectivity index (χ4n) is 2.50. The number of rotatable bonds is 4. The molecule has 1 aromatic rings. The molecule has 1 aliphatic carbocycles. The van der Waals surface area contributed by atoms with Crippen molar-refractivity contribution >= 4 is 17.2 Å². The number of thiophene rings is 1. The predicted octanol–water partition coefficient (Wildman–Crippen LogP) is 3.33. The third-order valence-corrected chi connectivity index (χ3v) is 4.54. The highest BCUT2D eigenvalue weighted by molar-refractivity contribution is 7.09.